The third-order valence-electron chi connectivity index (χ3n) is 4.81. The first-order chi connectivity index (χ1) is 15.0. The molecule has 1 aromatic rings. The average molecular weight is 451 g/mol. The van der Waals surface area contributed by atoms with Crippen LogP contribution in [0, 0.1) is 0 Å². The summed E-state index contributed by atoms with van der Waals surface area (Å²) >= 11 is 0. The van der Waals surface area contributed by atoms with E-state index in [9.17, 15) is 29.4 Å². The molecule has 0 aliphatic carbocycles. The van der Waals surface area contributed by atoms with E-state index in [2.05, 4.69) is 10.6 Å². The Hall–Kier alpha value is -2.98. The summed E-state index contributed by atoms with van der Waals surface area (Å²) in [7, 11) is 0. The van der Waals surface area contributed by atoms with Crippen molar-refractivity contribution >= 4 is 23.6 Å². The maximum Gasteiger partial charge on any atom is 0.253 e. The maximum atomic E-state index is 12.9. The minimum Gasteiger partial charge on any atom is -0.388 e. The Morgan fingerprint density at radius 2 is 1.53 bits per heavy atom. The SMILES string of the molecule is CCCN(CCC)C(=O)c1cc(C(N)=O)cc(C(=O)NCC(O)C(O)C(C)NC(C)=O)c1. The number of primary amides is 1. The van der Waals surface area contributed by atoms with Crippen molar-refractivity contribution in [1.29, 1.82) is 0 Å². The van der Waals surface area contributed by atoms with Crippen LogP contribution in [0.25, 0.3) is 0 Å². The highest BCUT2D eigenvalue weighted by Crippen LogP contribution is 2.14. The Morgan fingerprint density at radius 3 is 2.03 bits per heavy atom. The summed E-state index contributed by atoms with van der Waals surface area (Å²) < 4.78 is 0. The molecule has 10 heteroatoms. The van der Waals surface area contributed by atoms with Gasteiger partial charge in [0.2, 0.25) is 11.8 Å². The Labute approximate surface area is 188 Å². The molecule has 3 atom stereocenters. The first-order valence-electron chi connectivity index (χ1n) is 10.7. The molecule has 6 N–H and O–H groups in total. The Kier molecular flexibility index (Phi) is 10.8. The van der Waals surface area contributed by atoms with Crippen molar-refractivity contribution in [3.8, 4) is 0 Å². The summed E-state index contributed by atoms with van der Waals surface area (Å²) in [6, 6.07) is 3.25. The van der Waals surface area contributed by atoms with Crippen molar-refractivity contribution in [2.24, 2.45) is 5.73 Å². The second-order valence-corrected chi connectivity index (χ2v) is 7.71. The number of nitrogens with one attached hydrogen (secondary N) is 2. The fourth-order valence-corrected chi connectivity index (χ4v) is 3.22. The van der Waals surface area contributed by atoms with Gasteiger partial charge in [0.05, 0.1) is 12.1 Å². The van der Waals surface area contributed by atoms with Crippen molar-refractivity contribution in [2.75, 3.05) is 19.6 Å². The van der Waals surface area contributed by atoms with Crippen molar-refractivity contribution in [3.63, 3.8) is 0 Å². The van der Waals surface area contributed by atoms with Crippen LogP contribution in [0.1, 0.15) is 71.6 Å². The van der Waals surface area contributed by atoms with E-state index in [1.165, 1.54) is 32.0 Å². The van der Waals surface area contributed by atoms with Crippen LogP contribution in [0.4, 0.5) is 0 Å². The van der Waals surface area contributed by atoms with Crippen molar-refractivity contribution in [3.05, 3.63) is 34.9 Å². The van der Waals surface area contributed by atoms with Crippen LogP contribution in [0.15, 0.2) is 18.2 Å². The molecule has 32 heavy (non-hydrogen) atoms. The van der Waals surface area contributed by atoms with Gasteiger partial charge in [-0.3, -0.25) is 19.2 Å². The number of hydrogen-bond acceptors (Lipinski definition) is 6. The topological polar surface area (TPSA) is 162 Å². The number of nitrogens with two attached hydrogens (primary N) is 1. The number of hydrogen-bond donors (Lipinski definition) is 5. The molecule has 0 fully saturated rings. The van der Waals surface area contributed by atoms with Gasteiger partial charge in [0.25, 0.3) is 11.8 Å². The minimum atomic E-state index is -1.36. The molecule has 0 aliphatic heterocycles. The maximum absolute atomic E-state index is 12.9. The smallest absolute Gasteiger partial charge is 0.253 e. The van der Waals surface area contributed by atoms with Gasteiger partial charge in [0.15, 0.2) is 0 Å². The van der Waals surface area contributed by atoms with Gasteiger partial charge in [-0.25, -0.2) is 0 Å². The molecule has 0 spiro atoms. The van der Waals surface area contributed by atoms with Gasteiger partial charge in [0.1, 0.15) is 6.10 Å². The van der Waals surface area contributed by atoms with Gasteiger partial charge in [-0.1, -0.05) is 13.8 Å². The van der Waals surface area contributed by atoms with E-state index in [4.69, 9.17) is 5.73 Å². The molecule has 3 unspecified atom stereocenters. The number of nitrogens with zero attached hydrogens (tertiary/aromatic N) is 1. The van der Waals surface area contributed by atoms with Crippen LogP contribution in [0.5, 0.6) is 0 Å². The molecule has 4 amide bonds. The summed E-state index contributed by atoms with van der Waals surface area (Å²) in [5.74, 6) is -2.12. The highest BCUT2D eigenvalue weighted by molar-refractivity contribution is 6.04. The summed E-state index contributed by atoms with van der Waals surface area (Å²) in [6.45, 7) is 7.44. The van der Waals surface area contributed by atoms with E-state index < -0.39 is 30.1 Å². The highest BCUT2D eigenvalue weighted by atomic mass is 16.3. The lowest BCUT2D eigenvalue weighted by Gasteiger charge is -2.24. The van der Waals surface area contributed by atoms with Gasteiger partial charge in [-0.2, -0.15) is 0 Å². The molecule has 178 valence electrons. The number of amides is 4. The van der Waals surface area contributed by atoms with Crippen LogP contribution in [0.2, 0.25) is 0 Å². The molecule has 0 saturated carbocycles. The molecule has 1 rings (SSSR count). The normalized spacial score (nSPS) is 13.6. The van der Waals surface area contributed by atoms with Crippen LogP contribution >= 0.6 is 0 Å². The average Bonchev–Trinajstić information content (AvgIpc) is 2.75. The molecular weight excluding hydrogens is 416 g/mol. The number of benzene rings is 1. The molecule has 10 nitrogen and oxygen atoms in total. The zero-order chi connectivity index (χ0) is 24.4. The lowest BCUT2D eigenvalue weighted by atomic mass is 10.0. The van der Waals surface area contributed by atoms with E-state index in [0.29, 0.717) is 13.1 Å². The quantitative estimate of drug-likeness (QED) is 0.302. The Balaban J connectivity index is 3.03. The molecule has 0 aromatic heterocycles. The predicted molar refractivity (Wildman–Crippen MR) is 119 cm³/mol. The van der Waals surface area contributed by atoms with Gasteiger partial charge >= 0.3 is 0 Å². The molecule has 0 radical (unpaired) electrons. The third kappa shape index (κ3) is 7.93. The molecule has 0 aliphatic rings. The summed E-state index contributed by atoms with van der Waals surface area (Å²) in [5, 5.41) is 25.1. The van der Waals surface area contributed by atoms with E-state index in [1.54, 1.807) is 4.90 Å². The Bertz CT molecular complexity index is 823. The van der Waals surface area contributed by atoms with Crippen molar-refractivity contribution in [2.45, 2.75) is 58.8 Å². The summed E-state index contributed by atoms with van der Waals surface area (Å²) in [4.78, 5) is 50.1. The van der Waals surface area contributed by atoms with Crippen LogP contribution in [-0.2, 0) is 4.79 Å². The highest BCUT2D eigenvalue weighted by Gasteiger charge is 2.25. The van der Waals surface area contributed by atoms with E-state index in [0.717, 1.165) is 12.8 Å². The standard InChI is InChI=1S/C22H34N4O6/c1-5-7-26(8-6-2)22(32)17-10-15(20(23)30)9-16(11-17)21(31)24-12-18(28)19(29)13(3)25-14(4)27/h9-11,13,18-19,28-29H,5-8,12H2,1-4H3,(H2,23,30)(H,24,31)(H,25,27). The van der Waals surface area contributed by atoms with Crippen molar-refractivity contribution < 1.29 is 29.4 Å². The number of rotatable bonds is 12. The second-order valence-electron chi connectivity index (χ2n) is 7.71. The van der Waals surface area contributed by atoms with Gasteiger partial charge in [-0.15, -0.1) is 0 Å². The fourth-order valence-electron chi connectivity index (χ4n) is 3.22. The molecule has 0 saturated heterocycles. The summed E-state index contributed by atoms with van der Waals surface area (Å²) in [6.07, 6.45) is -1.16. The monoisotopic (exact) mass is 450 g/mol. The first kappa shape index (κ1) is 27.1. The zero-order valence-corrected chi connectivity index (χ0v) is 19.1. The van der Waals surface area contributed by atoms with Crippen LogP contribution in [-0.4, -0.2) is 76.6 Å². The van der Waals surface area contributed by atoms with Crippen molar-refractivity contribution in [1.82, 2.24) is 15.5 Å². The lowest BCUT2D eigenvalue weighted by Crippen LogP contribution is -2.49. The molecule has 1 aromatic carbocycles. The lowest BCUT2D eigenvalue weighted by molar-refractivity contribution is -0.121. The van der Waals surface area contributed by atoms with Gasteiger partial charge in [-0.05, 0) is 38.0 Å². The van der Waals surface area contributed by atoms with Crippen LogP contribution < -0.4 is 16.4 Å². The molecule has 0 bridgehead atoms. The third-order valence-corrected chi connectivity index (χ3v) is 4.81. The number of carbonyl (C=O) groups excluding carboxylic acids is 4. The first-order valence-corrected chi connectivity index (χ1v) is 10.7. The number of aliphatic hydroxyl groups excluding tert-OH is 2. The number of carbonyl (C=O) groups is 4. The fraction of sp³-hybridized carbons (Fsp3) is 0.545. The second kappa shape index (κ2) is 12.8. The largest absolute Gasteiger partial charge is 0.388 e. The van der Waals surface area contributed by atoms with E-state index in [-0.39, 0.29) is 35.0 Å². The molecular formula is C22H34N4O6. The van der Waals surface area contributed by atoms with E-state index >= 15 is 0 Å². The number of aliphatic hydroxyl groups is 2. The summed E-state index contributed by atoms with van der Waals surface area (Å²) in [5.41, 5.74) is 5.57. The van der Waals surface area contributed by atoms with Gasteiger partial charge < -0.3 is 31.5 Å². The van der Waals surface area contributed by atoms with Crippen LogP contribution in [0.3, 0.4) is 0 Å². The van der Waals surface area contributed by atoms with Gasteiger partial charge in [0, 0.05) is 43.2 Å². The zero-order valence-electron chi connectivity index (χ0n) is 19.1. The molecule has 0 heterocycles. The Morgan fingerprint density at radius 1 is 1.00 bits per heavy atom. The van der Waals surface area contributed by atoms with E-state index in [1.807, 2.05) is 13.8 Å². The minimum absolute atomic E-state index is 0.00816. The predicted octanol–water partition coefficient (Wildman–Crippen LogP) is 0.0239.